The van der Waals surface area contributed by atoms with Crippen molar-refractivity contribution in [1.29, 1.82) is 0 Å². The van der Waals surface area contributed by atoms with Crippen molar-refractivity contribution in [2.45, 2.75) is 91.6 Å². The predicted octanol–water partition coefficient (Wildman–Crippen LogP) is 4.52. The molecule has 0 aliphatic heterocycles. The number of carbonyl (C=O) groups excluding carboxylic acids is 4. The molecule has 33 heavy (non-hydrogen) atoms. The molecule has 4 saturated carbocycles. The number of carbonyl (C=O) groups is 4. The van der Waals surface area contributed by atoms with Gasteiger partial charge in [0.15, 0.2) is 0 Å². The van der Waals surface area contributed by atoms with Crippen LogP contribution in [0.25, 0.3) is 0 Å². The highest BCUT2D eigenvalue weighted by Gasteiger charge is 2.66. The van der Waals surface area contributed by atoms with Crippen molar-refractivity contribution in [2.24, 2.45) is 46.3 Å². The molecule has 0 spiro atoms. The van der Waals surface area contributed by atoms with Crippen LogP contribution in [-0.4, -0.2) is 36.7 Å². The van der Waals surface area contributed by atoms with Crippen LogP contribution >= 0.6 is 0 Å². The van der Waals surface area contributed by atoms with Crippen LogP contribution in [0.4, 0.5) is 0 Å². The molecule has 0 N–H and O–H groups in total. The van der Waals surface area contributed by atoms with Gasteiger partial charge in [-0.25, -0.2) is 0 Å². The maximum Gasteiger partial charge on any atom is 0.305 e. The summed E-state index contributed by atoms with van der Waals surface area (Å²) in [5.74, 6) is 0.945. The van der Waals surface area contributed by atoms with Gasteiger partial charge in [0.05, 0.1) is 7.11 Å². The van der Waals surface area contributed by atoms with Gasteiger partial charge in [-0.15, -0.1) is 0 Å². The van der Waals surface area contributed by atoms with E-state index in [0.29, 0.717) is 37.2 Å². The summed E-state index contributed by atoms with van der Waals surface area (Å²) in [4.78, 5) is 50.6. The first kappa shape index (κ1) is 24.4. The Morgan fingerprint density at radius 1 is 1.09 bits per heavy atom. The summed E-state index contributed by atoms with van der Waals surface area (Å²) in [5, 5.41) is 0. The van der Waals surface area contributed by atoms with Crippen LogP contribution in [0.15, 0.2) is 0 Å². The summed E-state index contributed by atoms with van der Waals surface area (Å²) in [6.07, 6.45) is 6.30. The van der Waals surface area contributed by atoms with Crippen LogP contribution < -0.4 is 0 Å². The third-order valence-electron chi connectivity index (χ3n) is 10.4. The highest BCUT2D eigenvalue weighted by atomic mass is 16.5. The minimum atomic E-state index is -0.482. The normalized spacial score (nSPS) is 43.2. The molecule has 0 saturated heterocycles. The largest absolute Gasteiger partial charge is 0.469 e. The molecule has 0 heterocycles. The SMILES string of the molecule is COC(=O)CC[C@@H](C)C1CCC2C3C(=O)CC4C[C@H](OC(C)=O)CCC4(C)C3CC(=O)C21C. The second kappa shape index (κ2) is 8.81. The second-order valence-electron chi connectivity index (χ2n) is 11.8. The maximum absolute atomic E-state index is 13.8. The number of esters is 2. The van der Waals surface area contributed by atoms with E-state index in [9.17, 15) is 19.2 Å². The summed E-state index contributed by atoms with van der Waals surface area (Å²) < 4.78 is 10.3. The van der Waals surface area contributed by atoms with E-state index in [1.165, 1.54) is 14.0 Å². The van der Waals surface area contributed by atoms with Gasteiger partial charge in [0, 0.05) is 37.5 Å². The van der Waals surface area contributed by atoms with Gasteiger partial charge in [-0.3, -0.25) is 19.2 Å². The first-order valence-corrected chi connectivity index (χ1v) is 12.8. The minimum absolute atomic E-state index is 0.0444. The lowest BCUT2D eigenvalue weighted by Gasteiger charge is -2.59. The third kappa shape index (κ3) is 3.95. The zero-order valence-corrected chi connectivity index (χ0v) is 20.9. The zero-order valence-electron chi connectivity index (χ0n) is 20.9. The lowest BCUT2D eigenvalue weighted by Crippen LogP contribution is -2.60. The van der Waals surface area contributed by atoms with Gasteiger partial charge in [0.1, 0.15) is 17.7 Å². The molecule has 0 bridgehead atoms. The van der Waals surface area contributed by atoms with E-state index < -0.39 is 5.41 Å². The topological polar surface area (TPSA) is 86.7 Å². The highest BCUT2D eigenvalue weighted by molar-refractivity contribution is 5.92. The molecule has 4 rings (SSSR count). The van der Waals surface area contributed by atoms with Gasteiger partial charge in [0.25, 0.3) is 0 Å². The molecule has 184 valence electrons. The number of methoxy groups -OCH3 is 1. The summed E-state index contributed by atoms with van der Waals surface area (Å²) in [7, 11) is 1.41. The summed E-state index contributed by atoms with van der Waals surface area (Å²) in [5.41, 5.74) is -0.536. The molecule has 4 fully saturated rings. The number of Topliss-reactive ketones (excluding diaryl/α,β-unsaturated/α-hetero) is 2. The van der Waals surface area contributed by atoms with E-state index in [-0.39, 0.29) is 59.0 Å². The molecule has 0 aromatic carbocycles. The molecule has 4 aliphatic carbocycles. The van der Waals surface area contributed by atoms with Crippen LogP contribution in [0.1, 0.15) is 85.5 Å². The molecule has 4 aliphatic rings. The van der Waals surface area contributed by atoms with Gasteiger partial charge >= 0.3 is 11.9 Å². The molecule has 0 aromatic rings. The maximum atomic E-state index is 13.8. The molecule has 0 aromatic heterocycles. The Hall–Kier alpha value is -1.72. The summed E-state index contributed by atoms with van der Waals surface area (Å²) in [6.45, 7) is 7.99. The van der Waals surface area contributed by atoms with E-state index in [2.05, 4.69) is 20.8 Å². The van der Waals surface area contributed by atoms with Crippen molar-refractivity contribution in [1.82, 2.24) is 0 Å². The van der Waals surface area contributed by atoms with Gasteiger partial charge < -0.3 is 9.47 Å². The Bertz CT molecular complexity index is 834. The van der Waals surface area contributed by atoms with Crippen LogP contribution in [0.5, 0.6) is 0 Å². The molecule has 7 unspecified atom stereocenters. The average molecular weight is 461 g/mol. The van der Waals surface area contributed by atoms with Crippen molar-refractivity contribution in [3.63, 3.8) is 0 Å². The number of hydrogen-bond acceptors (Lipinski definition) is 6. The molecule has 9 atom stereocenters. The van der Waals surface area contributed by atoms with Gasteiger partial charge in [-0.2, -0.15) is 0 Å². The first-order valence-electron chi connectivity index (χ1n) is 12.8. The van der Waals surface area contributed by atoms with Crippen molar-refractivity contribution < 1.29 is 28.7 Å². The Morgan fingerprint density at radius 3 is 2.48 bits per heavy atom. The van der Waals surface area contributed by atoms with E-state index in [1.807, 2.05) is 0 Å². The molecule has 0 radical (unpaired) electrons. The Morgan fingerprint density at radius 2 is 1.82 bits per heavy atom. The standard InChI is InChI=1S/C27H40O6/c1-15(6-9-24(31)32-5)19-7-8-20-25-21(14-23(30)27(19,20)4)26(3)11-10-18(33-16(2)28)12-17(26)13-22(25)29/h15,17-21,25H,6-14H2,1-5H3/t15-,17?,18-,19?,20?,21?,25?,26?,27?/m1/s1. The van der Waals surface area contributed by atoms with Crippen molar-refractivity contribution in [3.05, 3.63) is 0 Å². The fourth-order valence-corrected chi connectivity index (χ4v) is 8.55. The first-order chi connectivity index (χ1) is 15.5. The Kier molecular flexibility index (Phi) is 6.52. The molecule has 6 heteroatoms. The highest BCUT2D eigenvalue weighted by Crippen LogP contribution is 2.66. The molecular weight excluding hydrogens is 420 g/mol. The monoisotopic (exact) mass is 460 g/mol. The Labute approximate surface area is 197 Å². The van der Waals surface area contributed by atoms with Gasteiger partial charge in [0.2, 0.25) is 0 Å². The third-order valence-corrected chi connectivity index (χ3v) is 10.4. The van der Waals surface area contributed by atoms with Crippen molar-refractivity contribution in [2.75, 3.05) is 7.11 Å². The van der Waals surface area contributed by atoms with Crippen molar-refractivity contribution >= 4 is 23.5 Å². The number of ether oxygens (including phenoxy) is 2. The fraction of sp³-hybridized carbons (Fsp3) is 0.852. The van der Waals surface area contributed by atoms with Crippen LogP contribution in [0, 0.1) is 46.3 Å². The van der Waals surface area contributed by atoms with E-state index in [0.717, 1.165) is 32.1 Å². The zero-order chi connectivity index (χ0) is 24.1. The van der Waals surface area contributed by atoms with Gasteiger partial charge in [-0.1, -0.05) is 20.8 Å². The lowest BCUT2D eigenvalue weighted by molar-refractivity contribution is -0.172. The molecule has 6 nitrogen and oxygen atoms in total. The average Bonchev–Trinajstić information content (AvgIpc) is 3.11. The predicted molar refractivity (Wildman–Crippen MR) is 122 cm³/mol. The fourth-order valence-electron chi connectivity index (χ4n) is 8.55. The molecule has 0 amide bonds. The van der Waals surface area contributed by atoms with Crippen LogP contribution in [0.3, 0.4) is 0 Å². The Balaban J connectivity index is 1.56. The lowest BCUT2D eigenvalue weighted by atomic mass is 9.43. The number of rotatable bonds is 5. The minimum Gasteiger partial charge on any atom is -0.469 e. The summed E-state index contributed by atoms with van der Waals surface area (Å²) in [6, 6.07) is 0. The van der Waals surface area contributed by atoms with Crippen LogP contribution in [-0.2, 0) is 28.7 Å². The van der Waals surface area contributed by atoms with Crippen molar-refractivity contribution in [3.8, 4) is 0 Å². The van der Waals surface area contributed by atoms with E-state index in [4.69, 9.17) is 9.47 Å². The molecular formula is C27H40O6. The summed E-state index contributed by atoms with van der Waals surface area (Å²) >= 11 is 0. The number of fused-ring (bicyclic) bond motifs is 5. The van der Waals surface area contributed by atoms with E-state index in [1.54, 1.807) is 0 Å². The number of hydrogen-bond donors (Lipinski definition) is 0. The quantitative estimate of drug-likeness (QED) is 0.561. The van der Waals surface area contributed by atoms with Gasteiger partial charge in [-0.05, 0) is 73.5 Å². The second-order valence-corrected chi connectivity index (χ2v) is 11.8. The smallest absolute Gasteiger partial charge is 0.305 e. The number of ketones is 2. The van der Waals surface area contributed by atoms with Crippen LogP contribution in [0.2, 0.25) is 0 Å². The van der Waals surface area contributed by atoms with E-state index >= 15 is 0 Å².